The first kappa shape index (κ1) is 16.3. The van der Waals surface area contributed by atoms with Gasteiger partial charge in [-0.2, -0.15) is 5.10 Å². The number of carbonyl (C=O) groups excluding carboxylic acids is 1. The Balaban J connectivity index is 1.66. The van der Waals surface area contributed by atoms with Crippen molar-refractivity contribution in [3.05, 3.63) is 42.1 Å². The molecule has 0 atom stereocenters. The van der Waals surface area contributed by atoms with Gasteiger partial charge in [0, 0.05) is 24.2 Å². The summed E-state index contributed by atoms with van der Waals surface area (Å²) in [6, 6.07) is 9.12. The van der Waals surface area contributed by atoms with E-state index in [-0.39, 0.29) is 5.91 Å². The van der Waals surface area contributed by atoms with Crippen molar-refractivity contribution in [1.29, 1.82) is 0 Å². The lowest BCUT2D eigenvalue weighted by molar-refractivity contribution is 0.102. The number of H-pyrrole nitrogens is 1. The molecule has 2 aromatic carbocycles. The van der Waals surface area contributed by atoms with Crippen molar-refractivity contribution in [3.8, 4) is 0 Å². The lowest BCUT2D eigenvalue weighted by atomic mass is 10.0. The van der Waals surface area contributed by atoms with E-state index in [1.54, 1.807) is 12.3 Å². The molecule has 1 saturated heterocycles. The van der Waals surface area contributed by atoms with Crippen LogP contribution in [0.4, 0.5) is 22.7 Å². The fourth-order valence-electron chi connectivity index (χ4n) is 3.41. The van der Waals surface area contributed by atoms with Crippen LogP contribution in [-0.4, -0.2) is 29.2 Å². The molecular weight excluding hydrogens is 328 g/mol. The van der Waals surface area contributed by atoms with Crippen LogP contribution in [0.15, 0.2) is 36.5 Å². The minimum absolute atomic E-state index is 0.198. The summed E-state index contributed by atoms with van der Waals surface area (Å²) in [4.78, 5) is 15.2. The van der Waals surface area contributed by atoms with Gasteiger partial charge < -0.3 is 21.7 Å². The van der Waals surface area contributed by atoms with Crippen LogP contribution in [0.5, 0.6) is 0 Å². The molecule has 1 aliphatic rings. The van der Waals surface area contributed by atoms with Gasteiger partial charge in [0.2, 0.25) is 0 Å². The van der Waals surface area contributed by atoms with Crippen LogP contribution >= 0.6 is 0 Å². The number of carbonyl (C=O) groups is 1. The number of benzene rings is 2. The zero-order valence-corrected chi connectivity index (χ0v) is 14.5. The number of rotatable bonds is 3. The quantitative estimate of drug-likeness (QED) is 0.542. The van der Waals surface area contributed by atoms with Gasteiger partial charge in [0.15, 0.2) is 0 Å². The Morgan fingerprint density at radius 1 is 1.08 bits per heavy atom. The van der Waals surface area contributed by atoms with Crippen LogP contribution in [0.25, 0.3) is 10.9 Å². The summed E-state index contributed by atoms with van der Waals surface area (Å²) in [5.74, 6) is -0.198. The van der Waals surface area contributed by atoms with Crippen LogP contribution in [0.1, 0.15) is 29.6 Å². The third kappa shape index (κ3) is 3.03. The van der Waals surface area contributed by atoms with Crippen LogP contribution in [0.2, 0.25) is 0 Å². The first-order chi connectivity index (χ1) is 12.6. The first-order valence-corrected chi connectivity index (χ1v) is 8.80. The molecule has 1 aromatic heterocycles. The second-order valence-electron chi connectivity index (χ2n) is 6.67. The molecular formula is C19H22N6O. The molecule has 1 fully saturated rings. The summed E-state index contributed by atoms with van der Waals surface area (Å²) < 4.78 is 0. The number of fused-ring (bicyclic) bond motifs is 1. The summed E-state index contributed by atoms with van der Waals surface area (Å²) >= 11 is 0. The van der Waals surface area contributed by atoms with E-state index in [0.717, 1.165) is 42.5 Å². The maximum atomic E-state index is 13.0. The monoisotopic (exact) mass is 350 g/mol. The molecule has 4 rings (SSSR count). The Bertz CT molecular complexity index is 958. The standard InChI is InChI=1S/C19H22N6O/c20-15-9-14(18(10-16(15)21)25-6-2-1-3-7-25)19(26)23-13-5-4-12-11-22-24-17(12)8-13/h4-5,8-11H,1-3,6-7,20-21H2,(H,22,24)(H,23,26). The molecule has 2 heterocycles. The SMILES string of the molecule is Nc1cc(C(=O)Nc2ccc3cn[nH]c3c2)c(N2CCCCC2)cc1N. The van der Waals surface area contributed by atoms with Crippen LogP contribution in [-0.2, 0) is 0 Å². The highest BCUT2D eigenvalue weighted by Crippen LogP contribution is 2.31. The van der Waals surface area contributed by atoms with E-state index in [9.17, 15) is 4.79 Å². The highest BCUT2D eigenvalue weighted by Gasteiger charge is 2.20. The normalized spacial score (nSPS) is 14.5. The predicted molar refractivity (Wildman–Crippen MR) is 105 cm³/mol. The number of hydrogen-bond donors (Lipinski definition) is 4. The van der Waals surface area contributed by atoms with Crippen molar-refractivity contribution in [2.75, 3.05) is 34.8 Å². The fourth-order valence-corrected chi connectivity index (χ4v) is 3.41. The number of nitrogen functional groups attached to an aromatic ring is 2. The topological polar surface area (TPSA) is 113 Å². The van der Waals surface area contributed by atoms with Gasteiger partial charge in [0.1, 0.15) is 0 Å². The van der Waals surface area contributed by atoms with E-state index in [4.69, 9.17) is 11.5 Å². The molecule has 0 aliphatic carbocycles. The Morgan fingerprint density at radius 3 is 2.65 bits per heavy atom. The second kappa shape index (κ2) is 6.59. The van der Waals surface area contributed by atoms with Crippen molar-refractivity contribution in [1.82, 2.24) is 10.2 Å². The van der Waals surface area contributed by atoms with Crippen molar-refractivity contribution >= 4 is 39.6 Å². The molecule has 3 aromatic rings. The first-order valence-electron chi connectivity index (χ1n) is 8.80. The Hall–Kier alpha value is -3.22. The minimum Gasteiger partial charge on any atom is -0.397 e. The molecule has 26 heavy (non-hydrogen) atoms. The van der Waals surface area contributed by atoms with Crippen molar-refractivity contribution in [2.45, 2.75) is 19.3 Å². The molecule has 7 nitrogen and oxygen atoms in total. The van der Waals surface area contributed by atoms with Gasteiger partial charge in [0.05, 0.1) is 34.3 Å². The lowest BCUT2D eigenvalue weighted by Gasteiger charge is -2.30. The average molecular weight is 350 g/mol. The van der Waals surface area contributed by atoms with E-state index in [0.29, 0.717) is 22.6 Å². The highest BCUT2D eigenvalue weighted by atomic mass is 16.1. The maximum Gasteiger partial charge on any atom is 0.257 e. The van der Waals surface area contributed by atoms with E-state index >= 15 is 0 Å². The summed E-state index contributed by atoms with van der Waals surface area (Å²) in [6.45, 7) is 1.84. The third-order valence-electron chi connectivity index (χ3n) is 4.84. The molecule has 0 spiro atoms. The van der Waals surface area contributed by atoms with Gasteiger partial charge in [-0.1, -0.05) is 0 Å². The molecule has 1 aliphatic heterocycles. The Kier molecular flexibility index (Phi) is 4.12. The molecule has 0 bridgehead atoms. The molecule has 6 N–H and O–H groups in total. The number of hydrogen-bond acceptors (Lipinski definition) is 5. The van der Waals surface area contributed by atoms with Gasteiger partial charge in [-0.15, -0.1) is 0 Å². The lowest BCUT2D eigenvalue weighted by Crippen LogP contribution is -2.31. The number of aromatic amines is 1. The Morgan fingerprint density at radius 2 is 1.85 bits per heavy atom. The third-order valence-corrected chi connectivity index (χ3v) is 4.84. The summed E-state index contributed by atoms with van der Waals surface area (Å²) in [7, 11) is 0. The molecule has 0 radical (unpaired) electrons. The van der Waals surface area contributed by atoms with Gasteiger partial charge in [-0.25, -0.2) is 0 Å². The number of piperidine rings is 1. The van der Waals surface area contributed by atoms with Crippen molar-refractivity contribution in [2.24, 2.45) is 0 Å². The van der Waals surface area contributed by atoms with Gasteiger partial charge >= 0.3 is 0 Å². The number of nitrogens with zero attached hydrogens (tertiary/aromatic N) is 2. The molecule has 7 heteroatoms. The molecule has 0 unspecified atom stereocenters. The zero-order chi connectivity index (χ0) is 18.1. The number of anilines is 4. The van der Waals surface area contributed by atoms with E-state index in [2.05, 4.69) is 20.4 Å². The van der Waals surface area contributed by atoms with Crippen LogP contribution in [0.3, 0.4) is 0 Å². The molecule has 1 amide bonds. The predicted octanol–water partition coefficient (Wildman–Crippen LogP) is 2.97. The largest absolute Gasteiger partial charge is 0.397 e. The highest BCUT2D eigenvalue weighted by molar-refractivity contribution is 6.10. The van der Waals surface area contributed by atoms with Crippen LogP contribution in [0, 0.1) is 0 Å². The minimum atomic E-state index is -0.198. The average Bonchev–Trinajstić information content (AvgIpc) is 3.12. The number of amides is 1. The second-order valence-corrected chi connectivity index (χ2v) is 6.67. The molecule has 0 saturated carbocycles. The van der Waals surface area contributed by atoms with Crippen LogP contribution < -0.4 is 21.7 Å². The van der Waals surface area contributed by atoms with Gasteiger partial charge in [0.25, 0.3) is 5.91 Å². The number of nitrogens with one attached hydrogen (secondary N) is 2. The fraction of sp³-hybridized carbons (Fsp3) is 0.263. The zero-order valence-electron chi connectivity index (χ0n) is 14.5. The van der Waals surface area contributed by atoms with E-state index in [1.807, 2.05) is 24.3 Å². The van der Waals surface area contributed by atoms with Gasteiger partial charge in [-0.3, -0.25) is 9.89 Å². The van der Waals surface area contributed by atoms with E-state index in [1.165, 1.54) is 6.42 Å². The van der Waals surface area contributed by atoms with Gasteiger partial charge in [-0.05, 0) is 49.6 Å². The van der Waals surface area contributed by atoms with Crippen molar-refractivity contribution in [3.63, 3.8) is 0 Å². The van der Waals surface area contributed by atoms with E-state index < -0.39 is 0 Å². The molecule has 134 valence electrons. The number of nitrogens with two attached hydrogens (primary N) is 2. The Labute approximate surface area is 151 Å². The maximum absolute atomic E-state index is 13.0. The summed E-state index contributed by atoms with van der Waals surface area (Å²) in [5, 5.41) is 10.9. The van der Waals surface area contributed by atoms with Crippen molar-refractivity contribution < 1.29 is 4.79 Å². The summed E-state index contributed by atoms with van der Waals surface area (Å²) in [6.07, 6.45) is 5.19. The smallest absolute Gasteiger partial charge is 0.257 e. The summed E-state index contributed by atoms with van der Waals surface area (Å²) in [5.41, 5.74) is 15.9. The number of aromatic nitrogens is 2.